The molecule has 2 N–H and O–H groups in total. The fourth-order valence-corrected chi connectivity index (χ4v) is 1.82. The number of aryl methyl sites for hydroxylation is 2. The van der Waals surface area contributed by atoms with Crippen LogP contribution in [0.25, 0.3) is 0 Å². The van der Waals surface area contributed by atoms with Crippen molar-refractivity contribution >= 4 is 5.91 Å². The fourth-order valence-electron chi connectivity index (χ4n) is 1.82. The second-order valence-corrected chi connectivity index (χ2v) is 4.29. The normalized spacial score (nSPS) is 12.4. The van der Waals surface area contributed by atoms with Gasteiger partial charge in [-0.25, -0.2) is 9.67 Å². The zero-order chi connectivity index (χ0) is 13.8. The Bertz CT molecular complexity index is 559. The molecular formula is C11H17N7O. The minimum Gasteiger partial charge on any atom is -0.341 e. The number of amides is 1. The monoisotopic (exact) mass is 263 g/mol. The third-order valence-corrected chi connectivity index (χ3v) is 2.75. The van der Waals surface area contributed by atoms with Gasteiger partial charge in [-0.2, -0.15) is 20.5 Å². The smallest absolute Gasteiger partial charge is 0.274 e. The molecule has 0 aliphatic heterocycles. The molecule has 102 valence electrons. The molecule has 8 heteroatoms. The minimum absolute atomic E-state index is 0.238. The standard InChI is InChI=1S/C11H17N7O/c1-4-5-18-10(12-6-13-18)8(3)14-11(19)9-7(2)15-17-16-9/h6,8H,4-5H2,1-3H3,(H,14,19)(H,15,16,17)/t8-/m1/s1. The van der Waals surface area contributed by atoms with Gasteiger partial charge >= 0.3 is 0 Å². The van der Waals surface area contributed by atoms with Gasteiger partial charge in [-0.1, -0.05) is 6.92 Å². The van der Waals surface area contributed by atoms with Crippen molar-refractivity contribution in [3.05, 3.63) is 23.5 Å². The lowest BCUT2D eigenvalue weighted by Gasteiger charge is -2.13. The molecule has 0 fully saturated rings. The predicted molar refractivity (Wildman–Crippen MR) is 67.3 cm³/mol. The van der Waals surface area contributed by atoms with Gasteiger partial charge in [-0.15, -0.1) is 0 Å². The molecule has 1 amide bonds. The van der Waals surface area contributed by atoms with Gasteiger partial charge in [0.05, 0.1) is 11.7 Å². The molecular weight excluding hydrogens is 246 g/mol. The maximum atomic E-state index is 12.0. The third-order valence-electron chi connectivity index (χ3n) is 2.75. The molecule has 0 aliphatic carbocycles. The summed E-state index contributed by atoms with van der Waals surface area (Å²) in [5.41, 5.74) is 0.869. The van der Waals surface area contributed by atoms with Gasteiger partial charge in [0.25, 0.3) is 5.91 Å². The van der Waals surface area contributed by atoms with E-state index < -0.39 is 0 Å². The average molecular weight is 263 g/mol. The van der Waals surface area contributed by atoms with Crippen molar-refractivity contribution in [2.24, 2.45) is 0 Å². The summed E-state index contributed by atoms with van der Waals surface area (Å²) < 4.78 is 1.79. The van der Waals surface area contributed by atoms with E-state index in [4.69, 9.17) is 0 Å². The van der Waals surface area contributed by atoms with Crippen LogP contribution >= 0.6 is 0 Å². The van der Waals surface area contributed by atoms with Gasteiger partial charge in [0.2, 0.25) is 0 Å². The van der Waals surface area contributed by atoms with E-state index in [1.54, 1.807) is 11.6 Å². The molecule has 2 rings (SSSR count). The maximum absolute atomic E-state index is 12.0. The van der Waals surface area contributed by atoms with Crippen molar-refractivity contribution in [3.8, 4) is 0 Å². The Kier molecular flexibility index (Phi) is 3.88. The second kappa shape index (κ2) is 5.59. The van der Waals surface area contributed by atoms with Crippen LogP contribution in [0.5, 0.6) is 0 Å². The number of hydrogen-bond donors (Lipinski definition) is 2. The Morgan fingerprint density at radius 3 is 2.95 bits per heavy atom. The summed E-state index contributed by atoms with van der Waals surface area (Å²) in [6.07, 6.45) is 2.45. The van der Waals surface area contributed by atoms with Crippen LogP contribution in [0, 0.1) is 6.92 Å². The summed E-state index contributed by atoms with van der Waals surface area (Å²) in [4.78, 5) is 16.2. The van der Waals surface area contributed by atoms with Crippen LogP contribution in [-0.2, 0) is 6.54 Å². The highest BCUT2D eigenvalue weighted by Gasteiger charge is 2.19. The number of carbonyl (C=O) groups excluding carboxylic acids is 1. The number of aromatic nitrogens is 6. The zero-order valence-electron chi connectivity index (χ0n) is 11.2. The maximum Gasteiger partial charge on any atom is 0.274 e. The summed E-state index contributed by atoms with van der Waals surface area (Å²) in [7, 11) is 0. The molecule has 0 saturated heterocycles. The summed E-state index contributed by atoms with van der Waals surface area (Å²) >= 11 is 0. The molecule has 0 bridgehead atoms. The second-order valence-electron chi connectivity index (χ2n) is 4.29. The van der Waals surface area contributed by atoms with Gasteiger partial charge < -0.3 is 5.32 Å². The van der Waals surface area contributed by atoms with Crippen molar-refractivity contribution in [1.29, 1.82) is 0 Å². The Hall–Kier alpha value is -2.25. The molecule has 0 radical (unpaired) electrons. The Balaban J connectivity index is 2.08. The van der Waals surface area contributed by atoms with Crippen molar-refractivity contribution in [2.75, 3.05) is 0 Å². The molecule has 8 nitrogen and oxygen atoms in total. The molecule has 0 saturated carbocycles. The lowest BCUT2D eigenvalue weighted by Crippen LogP contribution is -2.29. The van der Waals surface area contributed by atoms with E-state index in [1.807, 2.05) is 6.92 Å². The van der Waals surface area contributed by atoms with Gasteiger partial charge in [0, 0.05) is 6.54 Å². The van der Waals surface area contributed by atoms with Crippen LogP contribution in [0.3, 0.4) is 0 Å². The summed E-state index contributed by atoms with van der Waals surface area (Å²) in [6.45, 7) is 6.43. The summed E-state index contributed by atoms with van der Waals surface area (Å²) in [5.74, 6) is 0.459. The highest BCUT2D eigenvalue weighted by molar-refractivity contribution is 5.93. The Labute approximate surface area is 110 Å². The number of nitrogens with one attached hydrogen (secondary N) is 2. The number of hydrogen-bond acceptors (Lipinski definition) is 5. The van der Waals surface area contributed by atoms with Gasteiger partial charge in [-0.3, -0.25) is 4.79 Å². The first-order chi connectivity index (χ1) is 9.13. The molecule has 0 aromatic carbocycles. The lowest BCUT2D eigenvalue weighted by atomic mass is 10.2. The van der Waals surface area contributed by atoms with Crippen molar-refractivity contribution in [1.82, 2.24) is 35.5 Å². The molecule has 2 aromatic rings. The summed E-state index contributed by atoms with van der Waals surface area (Å²) in [6, 6.07) is -0.238. The van der Waals surface area contributed by atoms with Crippen molar-refractivity contribution in [3.63, 3.8) is 0 Å². The lowest BCUT2D eigenvalue weighted by molar-refractivity contribution is 0.0931. The first-order valence-electron chi connectivity index (χ1n) is 6.19. The number of rotatable bonds is 5. The van der Waals surface area contributed by atoms with E-state index in [-0.39, 0.29) is 11.9 Å². The van der Waals surface area contributed by atoms with Crippen LogP contribution < -0.4 is 5.32 Å². The van der Waals surface area contributed by atoms with Crippen LogP contribution in [0.4, 0.5) is 0 Å². The Morgan fingerprint density at radius 2 is 2.32 bits per heavy atom. The van der Waals surface area contributed by atoms with E-state index in [0.29, 0.717) is 11.4 Å². The van der Waals surface area contributed by atoms with E-state index in [2.05, 4.69) is 37.7 Å². The van der Waals surface area contributed by atoms with Crippen LogP contribution in [0.1, 0.15) is 48.3 Å². The van der Waals surface area contributed by atoms with Gasteiger partial charge in [0.15, 0.2) is 5.69 Å². The van der Waals surface area contributed by atoms with Crippen molar-refractivity contribution in [2.45, 2.75) is 39.8 Å². The first kappa shape index (κ1) is 13.2. The highest BCUT2D eigenvalue weighted by Crippen LogP contribution is 2.10. The molecule has 0 unspecified atom stereocenters. The van der Waals surface area contributed by atoms with Gasteiger partial charge in [0.1, 0.15) is 12.2 Å². The van der Waals surface area contributed by atoms with Crippen LogP contribution in [0.15, 0.2) is 6.33 Å². The van der Waals surface area contributed by atoms with E-state index in [9.17, 15) is 4.79 Å². The zero-order valence-corrected chi connectivity index (χ0v) is 11.2. The first-order valence-corrected chi connectivity index (χ1v) is 6.19. The number of H-pyrrole nitrogens is 1. The topological polar surface area (TPSA) is 101 Å². The van der Waals surface area contributed by atoms with Crippen molar-refractivity contribution < 1.29 is 4.79 Å². The summed E-state index contributed by atoms with van der Waals surface area (Å²) in [5, 5.41) is 17.0. The molecule has 2 heterocycles. The highest BCUT2D eigenvalue weighted by atomic mass is 16.2. The van der Waals surface area contributed by atoms with E-state index in [1.165, 1.54) is 6.33 Å². The largest absolute Gasteiger partial charge is 0.341 e. The number of carbonyl (C=O) groups is 1. The van der Waals surface area contributed by atoms with Crippen LogP contribution in [0.2, 0.25) is 0 Å². The fraction of sp³-hybridized carbons (Fsp3) is 0.545. The third kappa shape index (κ3) is 2.78. The molecule has 0 spiro atoms. The minimum atomic E-state index is -0.273. The van der Waals surface area contributed by atoms with Crippen LogP contribution in [-0.4, -0.2) is 36.1 Å². The SMILES string of the molecule is CCCn1ncnc1[C@@H](C)NC(=O)c1n[nH]nc1C. The molecule has 1 atom stereocenters. The number of nitrogens with zero attached hydrogens (tertiary/aromatic N) is 5. The molecule has 19 heavy (non-hydrogen) atoms. The molecule has 0 aliphatic rings. The quantitative estimate of drug-likeness (QED) is 0.822. The van der Waals surface area contributed by atoms with E-state index in [0.717, 1.165) is 18.8 Å². The predicted octanol–water partition coefficient (Wildman–Crippen LogP) is 0.606. The Morgan fingerprint density at radius 1 is 1.53 bits per heavy atom. The van der Waals surface area contributed by atoms with Gasteiger partial charge in [-0.05, 0) is 20.3 Å². The average Bonchev–Trinajstić information content (AvgIpc) is 2.98. The number of aromatic amines is 1. The molecule has 2 aromatic heterocycles. The van der Waals surface area contributed by atoms with E-state index >= 15 is 0 Å².